The number of hydrogen-bond donors (Lipinski definition) is 6. The van der Waals surface area contributed by atoms with Crippen molar-refractivity contribution in [2.75, 3.05) is 6.54 Å². The number of aliphatic hydroxyl groups excluding tert-OH is 1. The molecule has 3 unspecified atom stereocenters. The first-order chi connectivity index (χ1) is 20.7. The lowest BCUT2D eigenvalue weighted by Crippen LogP contribution is -2.43. The molecule has 10 heteroatoms. The number of allylic oxidation sites excluding steroid dienone is 5. The zero-order valence-electron chi connectivity index (χ0n) is 25.8. The molecule has 0 radical (unpaired) electrons. The van der Waals surface area contributed by atoms with Crippen molar-refractivity contribution >= 4 is 23.9 Å². The van der Waals surface area contributed by atoms with Gasteiger partial charge in [0.15, 0.2) is 5.96 Å². The largest absolute Gasteiger partial charge is 0.479 e. The highest BCUT2D eigenvalue weighted by Crippen LogP contribution is 2.29. The van der Waals surface area contributed by atoms with Crippen LogP contribution in [-0.2, 0) is 9.59 Å². The van der Waals surface area contributed by atoms with E-state index >= 15 is 0 Å². The molecule has 0 aromatic carbocycles. The number of rotatable bonds is 18. The Labute approximate surface area is 256 Å². The Morgan fingerprint density at radius 3 is 2.49 bits per heavy atom. The molecule has 0 aliphatic heterocycles. The molecular formula is C33H53N5O5. The second-order valence-electron chi connectivity index (χ2n) is 11.7. The lowest BCUT2D eigenvalue weighted by atomic mass is 9.91. The Morgan fingerprint density at radius 2 is 1.84 bits per heavy atom. The molecule has 10 nitrogen and oxygen atoms in total. The Hall–Kier alpha value is -3.40. The topological polar surface area (TPSA) is 180 Å². The van der Waals surface area contributed by atoms with Gasteiger partial charge in [0.05, 0.1) is 12.6 Å². The van der Waals surface area contributed by atoms with Crippen LogP contribution in [0.5, 0.6) is 0 Å². The molecule has 3 atom stereocenters. The summed E-state index contributed by atoms with van der Waals surface area (Å²) in [7, 11) is 0. The van der Waals surface area contributed by atoms with Crippen molar-refractivity contribution < 1.29 is 24.6 Å². The smallest absolute Gasteiger partial charge is 0.330 e. The second-order valence-corrected chi connectivity index (χ2v) is 11.7. The number of aliphatic imine (C=N–C) groups is 1. The van der Waals surface area contributed by atoms with E-state index in [4.69, 9.17) is 11.5 Å². The van der Waals surface area contributed by atoms with Crippen molar-refractivity contribution in [3.05, 3.63) is 47.6 Å². The van der Waals surface area contributed by atoms with Crippen LogP contribution in [0.15, 0.2) is 52.6 Å². The summed E-state index contributed by atoms with van der Waals surface area (Å²) in [6, 6.07) is -2.11. The van der Waals surface area contributed by atoms with Crippen LogP contribution in [0.3, 0.4) is 0 Å². The first kappa shape index (κ1) is 35.8. The number of nitrogens with zero attached hydrogens (tertiary/aromatic N) is 1. The number of carboxylic acid groups (broad SMARTS) is 1. The van der Waals surface area contributed by atoms with Crippen molar-refractivity contribution in [2.45, 2.75) is 115 Å². The van der Waals surface area contributed by atoms with E-state index in [0.717, 1.165) is 63.4 Å². The number of carboxylic acids is 1. The normalized spacial score (nSPS) is 19.9. The first-order valence-electron chi connectivity index (χ1n) is 16.0. The molecule has 240 valence electrons. The van der Waals surface area contributed by atoms with Crippen molar-refractivity contribution in [2.24, 2.45) is 28.3 Å². The van der Waals surface area contributed by atoms with Gasteiger partial charge in [-0.25, -0.2) is 14.6 Å². The number of nitrogens with one attached hydrogen (secondary N) is 2. The average molecular weight is 600 g/mol. The van der Waals surface area contributed by atoms with Gasteiger partial charge in [-0.15, -0.1) is 0 Å². The van der Waals surface area contributed by atoms with Gasteiger partial charge < -0.3 is 27.0 Å². The zero-order valence-corrected chi connectivity index (χ0v) is 25.8. The Bertz CT molecular complexity index is 1040. The molecule has 0 aromatic rings. The number of amides is 3. The molecule has 0 heterocycles. The molecule has 1 saturated carbocycles. The maximum absolute atomic E-state index is 12.5. The number of carbonyl (C=O) groups excluding carboxylic acids is 2. The van der Waals surface area contributed by atoms with Crippen molar-refractivity contribution in [1.29, 1.82) is 0 Å². The molecule has 0 bridgehead atoms. The molecule has 3 amide bonds. The maximum Gasteiger partial charge on any atom is 0.330 e. The molecule has 1 fully saturated rings. The Morgan fingerprint density at radius 1 is 1.07 bits per heavy atom. The molecule has 2 rings (SSSR count). The van der Waals surface area contributed by atoms with Gasteiger partial charge in [-0.2, -0.15) is 0 Å². The summed E-state index contributed by atoms with van der Waals surface area (Å²) in [5.41, 5.74) is 12.1. The minimum absolute atomic E-state index is 0.0201. The summed E-state index contributed by atoms with van der Waals surface area (Å²) < 4.78 is 0. The summed E-state index contributed by atoms with van der Waals surface area (Å²) in [5.74, 6) is -0.726. The highest BCUT2D eigenvalue weighted by atomic mass is 16.4. The van der Waals surface area contributed by atoms with Crippen LogP contribution in [0.1, 0.15) is 103 Å². The molecule has 43 heavy (non-hydrogen) atoms. The summed E-state index contributed by atoms with van der Waals surface area (Å²) in [6.07, 6.45) is 25.7. The minimum Gasteiger partial charge on any atom is -0.479 e. The van der Waals surface area contributed by atoms with Crippen molar-refractivity contribution in [3.8, 4) is 0 Å². The minimum atomic E-state index is -1.10. The van der Waals surface area contributed by atoms with E-state index in [2.05, 4.69) is 35.5 Å². The summed E-state index contributed by atoms with van der Waals surface area (Å²) in [5, 5.41) is 25.4. The van der Waals surface area contributed by atoms with Gasteiger partial charge in [0.1, 0.15) is 6.04 Å². The summed E-state index contributed by atoms with van der Waals surface area (Å²) in [6.45, 7) is 2.02. The van der Waals surface area contributed by atoms with Crippen LogP contribution in [-0.4, -0.2) is 52.8 Å². The number of guanidine groups is 1. The zero-order chi connectivity index (χ0) is 31.5. The average Bonchev–Trinajstić information content (AvgIpc) is 3.48. The van der Waals surface area contributed by atoms with Gasteiger partial charge in [0.25, 0.3) is 5.91 Å². The highest BCUT2D eigenvalue weighted by Gasteiger charge is 2.21. The number of urea groups is 1. The number of imide groups is 1. The van der Waals surface area contributed by atoms with E-state index in [9.17, 15) is 24.6 Å². The van der Waals surface area contributed by atoms with E-state index in [1.54, 1.807) is 6.08 Å². The lowest BCUT2D eigenvalue weighted by Gasteiger charge is -2.16. The molecule has 2 aliphatic carbocycles. The van der Waals surface area contributed by atoms with Gasteiger partial charge in [-0.1, -0.05) is 88.7 Å². The SMILES string of the molecule is CCCCCC(=C/C(NC(N)=NC/C=C(\C(=O)NC(N)=O)C(O)CCCC1CCCC1)C(=O)O)/C=C/CC1CC=CCC1. The molecule has 0 saturated heterocycles. The van der Waals surface area contributed by atoms with Gasteiger partial charge >= 0.3 is 12.0 Å². The van der Waals surface area contributed by atoms with Crippen LogP contribution >= 0.6 is 0 Å². The third kappa shape index (κ3) is 15.1. The summed E-state index contributed by atoms with van der Waals surface area (Å²) in [4.78, 5) is 40.1. The number of nitrogens with two attached hydrogens (primary N) is 2. The standard InChI is InChI=1S/C33H53N5O5/c1-2-3-5-16-26(19-10-17-24-12-6-4-7-13-24)23-28(31(41)42)37-32(34)36-22-21-27(30(40)38-33(35)43)29(39)20-11-18-25-14-8-9-15-25/h4,6,10,19,21,23-25,28-29,39H,2-3,5,7-9,11-18,20,22H2,1H3,(H,41,42)(H3,34,36,37)(H3,35,38,40,43)/b19-10+,26-23-,27-21-. The number of carbonyl (C=O) groups is 3. The fraction of sp³-hybridized carbons (Fsp3) is 0.636. The van der Waals surface area contributed by atoms with E-state index in [-0.39, 0.29) is 18.1 Å². The van der Waals surface area contributed by atoms with E-state index in [1.165, 1.54) is 38.2 Å². The van der Waals surface area contributed by atoms with Crippen LogP contribution in [0.2, 0.25) is 0 Å². The molecule has 8 N–H and O–H groups in total. The lowest BCUT2D eigenvalue weighted by molar-refractivity contribution is -0.137. The van der Waals surface area contributed by atoms with Crippen molar-refractivity contribution in [3.63, 3.8) is 0 Å². The van der Waals surface area contributed by atoms with Gasteiger partial charge in [0.2, 0.25) is 0 Å². The Balaban J connectivity index is 2.07. The molecule has 0 spiro atoms. The number of primary amides is 1. The number of aliphatic hydroxyl groups is 1. The fourth-order valence-electron chi connectivity index (χ4n) is 5.74. The van der Waals surface area contributed by atoms with Crippen LogP contribution in [0.4, 0.5) is 4.79 Å². The van der Waals surface area contributed by atoms with E-state index in [1.807, 2.05) is 11.4 Å². The third-order valence-electron chi connectivity index (χ3n) is 8.19. The molecule has 0 aromatic heterocycles. The second kappa shape index (κ2) is 20.5. The number of hydrogen-bond acceptors (Lipinski definition) is 5. The maximum atomic E-state index is 12.5. The number of aliphatic carboxylic acids is 1. The molecule has 2 aliphatic rings. The van der Waals surface area contributed by atoms with E-state index < -0.39 is 30.1 Å². The van der Waals surface area contributed by atoms with Gasteiger partial charge in [-0.05, 0) is 68.4 Å². The monoisotopic (exact) mass is 599 g/mol. The number of unbranched alkanes of at least 4 members (excludes halogenated alkanes) is 2. The fourth-order valence-corrected chi connectivity index (χ4v) is 5.74. The predicted molar refractivity (Wildman–Crippen MR) is 171 cm³/mol. The van der Waals surface area contributed by atoms with E-state index in [0.29, 0.717) is 18.3 Å². The molecular weight excluding hydrogens is 546 g/mol. The van der Waals surface area contributed by atoms with Gasteiger partial charge in [0, 0.05) is 5.57 Å². The van der Waals surface area contributed by atoms with Gasteiger partial charge in [-0.3, -0.25) is 10.1 Å². The van der Waals surface area contributed by atoms with Crippen LogP contribution in [0, 0.1) is 11.8 Å². The Kier molecular flexibility index (Phi) is 17.1. The third-order valence-corrected chi connectivity index (χ3v) is 8.19. The quantitative estimate of drug-likeness (QED) is 0.0320. The summed E-state index contributed by atoms with van der Waals surface area (Å²) >= 11 is 0. The van der Waals surface area contributed by atoms with Crippen LogP contribution in [0.25, 0.3) is 0 Å². The highest BCUT2D eigenvalue weighted by molar-refractivity contribution is 6.04. The first-order valence-corrected chi connectivity index (χ1v) is 16.0. The predicted octanol–water partition coefficient (Wildman–Crippen LogP) is 5.00. The van der Waals surface area contributed by atoms with Crippen LogP contribution < -0.4 is 22.1 Å². The van der Waals surface area contributed by atoms with Crippen molar-refractivity contribution in [1.82, 2.24) is 10.6 Å².